The molecule has 15 heavy (non-hydrogen) atoms. The molecule has 0 aliphatic rings. The van der Waals surface area contributed by atoms with Crippen LogP contribution in [0.2, 0.25) is 0 Å². The van der Waals surface area contributed by atoms with Crippen molar-refractivity contribution in [3.8, 4) is 0 Å². The maximum absolute atomic E-state index is 4.36. The van der Waals surface area contributed by atoms with E-state index in [1.807, 2.05) is 36.5 Å². The number of aliphatic imine (C=N–C) groups is 1. The van der Waals surface area contributed by atoms with Gasteiger partial charge in [-0.15, -0.1) is 0 Å². The molecule has 0 radical (unpaired) electrons. The molecular weight excluding hydrogens is 182 g/mol. The van der Waals surface area contributed by atoms with Gasteiger partial charge >= 0.3 is 0 Å². The maximum atomic E-state index is 4.36. The van der Waals surface area contributed by atoms with E-state index < -0.39 is 0 Å². The van der Waals surface area contributed by atoms with Gasteiger partial charge < -0.3 is 0 Å². The normalized spacial score (nSPS) is 13.5. The minimum atomic E-state index is 0.225. The standard InChI is InChI=1S/C14H19N/c1-12(14(2,3)4)10-11-15-13-8-6-5-7-9-13/h5-11H,1-4H3/b12-10+,15-11?. The zero-order valence-corrected chi connectivity index (χ0v) is 9.99. The molecule has 0 spiro atoms. The number of benzene rings is 1. The minimum Gasteiger partial charge on any atom is -0.257 e. The monoisotopic (exact) mass is 201 g/mol. The molecule has 0 aliphatic carbocycles. The third-order valence-corrected chi connectivity index (χ3v) is 2.49. The van der Waals surface area contributed by atoms with E-state index in [2.05, 4.69) is 38.8 Å². The van der Waals surface area contributed by atoms with Crippen molar-refractivity contribution in [1.29, 1.82) is 0 Å². The van der Waals surface area contributed by atoms with Crippen molar-refractivity contribution in [2.45, 2.75) is 27.7 Å². The summed E-state index contributed by atoms with van der Waals surface area (Å²) < 4.78 is 0. The summed E-state index contributed by atoms with van der Waals surface area (Å²) in [5.74, 6) is 0. The summed E-state index contributed by atoms with van der Waals surface area (Å²) in [4.78, 5) is 4.36. The maximum Gasteiger partial charge on any atom is 0.0629 e. The number of hydrogen-bond acceptors (Lipinski definition) is 1. The summed E-state index contributed by atoms with van der Waals surface area (Å²) >= 11 is 0. The van der Waals surface area contributed by atoms with Gasteiger partial charge in [-0.1, -0.05) is 44.5 Å². The fourth-order valence-corrected chi connectivity index (χ4v) is 0.999. The molecule has 0 saturated heterocycles. The van der Waals surface area contributed by atoms with Crippen molar-refractivity contribution in [3.05, 3.63) is 42.0 Å². The first-order valence-corrected chi connectivity index (χ1v) is 5.26. The van der Waals surface area contributed by atoms with E-state index in [-0.39, 0.29) is 5.41 Å². The summed E-state index contributed by atoms with van der Waals surface area (Å²) in [7, 11) is 0. The van der Waals surface area contributed by atoms with Gasteiger partial charge in [0.05, 0.1) is 5.69 Å². The number of allylic oxidation sites excluding steroid dienone is 2. The Balaban J connectivity index is 2.69. The van der Waals surface area contributed by atoms with Gasteiger partial charge in [0, 0.05) is 6.21 Å². The summed E-state index contributed by atoms with van der Waals surface area (Å²) in [6, 6.07) is 9.97. The fraction of sp³-hybridized carbons (Fsp3) is 0.357. The van der Waals surface area contributed by atoms with Crippen molar-refractivity contribution >= 4 is 11.9 Å². The molecule has 0 N–H and O–H groups in total. The largest absolute Gasteiger partial charge is 0.257 e. The molecule has 1 nitrogen and oxygen atoms in total. The Morgan fingerprint density at radius 2 is 1.73 bits per heavy atom. The average molecular weight is 201 g/mol. The Kier molecular flexibility index (Phi) is 3.84. The van der Waals surface area contributed by atoms with Crippen LogP contribution in [0.3, 0.4) is 0 Å². The Labute approximate surface area is 92.6 Å². The highest BCUT2D eigenvalue weighted by molar-refractivity contribution is 5.75. The number of nitrogens with zero attached hydrogens (tertiary/aromatic N) is 1. The molecule has 0 saturated carbocycles. The van der Waals surface area contributed by atoms with E-state index in [9.17, 15) is 0 Å². The van der Waals surface area contributed by atoms with E-state index in [1.165, 1.54) is 5.57 Å². The molecule has 0 amide bonds. The topological polar surface area (TPSA) is 12.4 Å². The molecule has 0 bridgehead atoms. The van der Waals surface area contributed by atoms with Crippen LogP contribution in [0.5, 0.6) is 0 Å². The zero-order valence-electron chi connectivity index (χ0n) is 9.99. The van der Waals surface area contributed by atoms with Crippen LogP contribution in [0.15, 0.2) is 47.0 Å². The van der Waals surface area contributed by atoms with Crippen LogP contribution in [-0.4, -0.2) is 6.21 Å². The second-order valence-electron chi connectivity index (χ2n) is 4.71. The Hall–Kier alpha value is -1.37. The Morgan fingerprint density at radius 1 is 1.13 bits per heavy atom. The van der Waals surface area contributed by atoms with Gasteiger partial charge in [0.25, 0.3) is 0 Å². The molecule has 80 valence electrons. The van der Waals surface area contributed by atoms with Gasteiger partial charge in [-0.2, -0.15) is 0 Å². The van der Waals surface area contributed by atoms with Gasteiger partial charge in [0.1, 0.15) is 0 Å². The van der Waals surface area contributed by atoms with Gasteiger partial charge in [0.15, 0.2) is 0 Å². The Morgan fingerprint density at radius 3 is 2.27 bits per heavy atom. The third-order valence-electron chi connectivity index (χ3n) is 2.49. The molecule has 0 aliphatic heterocycles. The van der Waals surface area contributed by atoms with Gasteiger partial charge in [-0.05, 0) is 30.5 Å². The van der Waals surface area contributed by atoms with Crippen LogP contribution in [0.4, 0.5) is 5.69 Å². The molecule has 1 aromatic carbocycles. The highest BCUT2D eigenvalue weighted by Crippen LogP contribution is 2.23. The molecular formula is C14H19N. The number of rotatable bonds is 2. The molecule has 1 rings (SSSR count). The number of para-hydroxylation sites is 1. The second kappa shape index (κ2) is 4.92. The van der Waals surface area contributed by atoms with E-state index in [0.29, 0.717) is 0 Å². The minimum absolute atomic E-state index is 0.225. The van der Waals surface area contributed by atoms with E-state index >= 15 is 0 Å². The highest BCUT2D eigenvalue weighted by atomic mass is 14.7. The smallest absolute Gasteiger partial charge is 0.0629 e. The molecule has 0 unspecified atom stereocenters. The first-order chi connectivity index (χ1) is 7.00. The lowest BCUT2D eigenvalue weighted by molar-refractivity contribution is 0.505. The first kappa shape index (κ1) is 11.7. The van der Waals surface area contributed by atoms with E-state index in [1.54, 1.807) is 0 Å². The van der Waals surface area contributed by atoms with Crippen molar-refractivity contribution in [2.24, 2.45) is 10.4 Å². The molecule has 0 atom stereocenters. The van der Waals surface area contributed by atoms with Gasteiger partial charge in [0.2, 0.25) is 0 Å². The molecule has 1 aromatic rings. The first-order valence-electron chi connectivity index (χ1n) is 5.26. The van der Waals surface area contributed by atoms with Gasteiger partial charge in [-0.3, -0.25) is 4.99 Å². The lowest BCUT2D eigenvalue weighted by Gasteiger charge is -2.18. The highest BCUT2D eigenvalue weighted by Gasteiger charge is 2.10. The number of hydrogen-bond donors (Lipinski definition) is 0. The summed E-state index contributed by atoms with van der Waals surface area (Å²) in [6.45, 7) is 8.75. The van der Waals surface area contributed by atoms with Crippen molar-refractivity contribution in [1.82, 2.24) is 0 Å². The Bertz CT molecular complexity index is 353. The fourth-order valence-electron chi connectivity index (χ4n) is 0.999. The van der Waals surface area contributed by atoms with Crippen LogP contribution in [0, 0.1) is 5.41 Å². The lowest BCUT2D eigenvalue weighted by Crippen LogP contribution is -2.06. The lowest BCUT2D eigenvalue weighted by atomic mass is 9.88. The summed E-state index contributed by atoms with van der Waals surface area (Å²) in [5, 5.41) is 0. The molecule has 0 heterocycles. The van der Waals surface area contributed by atoms with Crippen LogP contribution < -0.4 is 0 Å². The SMILES string of the molecule is C/C(=C\C=Nc1ccccc1)C(C)(C)C. The van der Waals surface area contributed by atoms with Crippen molar-refractivity contribution in [2.75, 3.05) is 0 Å². The molecule has 0 fully saturated rings. The predicted octanol–water partition coefficient (Wildman–Crippen LogP) is 4.38. The van der Waals surface area contributed by atoms with Crippen molar-refractivity contribution in [3.63, 3.8) is 0 Å². The van der Waals surface area contributed by atoms with Crippen molar-refractivity contribution < 1.29 is 0 Å². The van der Waals surface area contributed by atoms with Gasteiger partial charge in [-0.25, -0.2) is 0 Å². The predicted molar refractivity (Wildman–Crippen MR) is 67.8 cm³/mol. The average Bonchev–Trinajstić information content (AvgIpc) is 2.18. The van der Waals surface area contributed by atoms with Crippen LogP contribution in [-0.2, 0) is 0 Å². The third kappa shape index (κ3) is 4.11. The van der Waals surface area contributed by atoms with Crippen LogP contribution in [0.25, 0.3) is 0 Å². The van der Waals surface area contributed by atoms with E-state index in [4.69, 9.17) is 0 Å². The zero-order chi connectivity index (χ0) is 11.3. The molecule has 1 heteroatoms. The summed E-state index contributed by atoms with van der Waals surface area (Å²) in [6.07, 6.45) is 3.95. The molecule has 0 aromatic heterocycles. The van der Waals surface area contributed by atoms with E-state index in [0.717, 1.165) is 5.69 Å². The van der Waals surface area contributed by atoms with Crippen LogP contribution in [0.1, 0.15) is 27.7 Å². The summed E-state index contributed by atoms with van der Waals surface area (Å²) in [5.41, 5.74) is 2.56. The van der Waals surface area contributed by atoms with Crippen LogP contribution >= 0.6 is 0 Å². The second-order valence-corrected chi connectivity index (χ2v) is 4.71. The quantitative estimate of drug-likeness (QED) is 0.630.